The van der Waals surface area contributed by atoms with Crippen molar-refractivity contribution in [3.63, 3.8) is 0 Å². The molecule has 2 N–H and O–H groups in total. The van der Waals surface area contributed by atoms with Crippen LogP contribution in [0.2, 0.25) is 0 Å². The average molecular weight is 564 g/mol. The van der Waals surface area contributed by atoms with Crippen LogP contribution in [0.5, 0.6) is 0 Å². The number of nitrogens with zero attached hydrogens (tertiary/aromatic N) is 3. The first kappa shape index (κ1) is 27.6. The minimum Gasteiger partial charge on any atom is -0.357 e. The Hall–Kier alpha value is -1.64. The molecular formula is C27H42IN5. The van der Waals surface area contributed by atoms with Gasteiger partial charge in [0.25, 0.3) is 0 Å². The summed E-state index contributed by atoms with van der Waals surface area (Å²) in [5.41, 5.74) is 2.71. The number of guanidine groups is 1. The number of nitrogens with one attached hydrogen (secondary N) is 2. The fourth-order valence-corrected chi connectivity index (χ4v) is 4.19. The van der Waals surface area contributed by atoms with Gasteiger partial charge in [0, 0.05) is 51.7 Å². The lowest BCUT2D eigenvalue weighted by Gasteiger charge is -2.32. The lowest BCUT2D eigenvalue weighted by atomic mass is 9.92. The molecule has 182 valence electrons. The van der Waals surface area contributed by atoms with Gasteiger partial charge in [0.15, 0.2) is 5.96 Å². The van der Waals surface area contributed by atoms with E-state index in [1.165, 1.54) is 56.7 Å². The molecule has 0 aliphatic carbocycles. The molecule has 0 saturated carbocycles. The average Bonchev–Trinajstić information content (AvgIpc) is 2.83. The van der Waals surface area contributed by atoms with Crippen LogP contribution in [0.15, 0.2) is 65.7 Å². The second kappa shape index (κ2) is 16.1. The van der Waals surface area contributed by atoms with Gasteiger partial charge in [-0.2, -0.15) is 0 Å². The van der Waals surface area contributed by atoms with Gasteiger partial charge < -0.3 is 20.4 Å². The molecule has 5 nitrogen and oxygen atoms in total. The van der Waals surface area contributed by atoms with E-state index in [0.717, 1.165) is 32.0 Å². The first-order valence-corrected chi connectivity index (χ1v) is 12.3. The summed E-state index contributed by atoms with van der Waals surface area (Å²) in [4.78, 5) is 9.97. The smallest absolute Gasteiger partial charge is 0.191 e. The molecule has 33 heavy (non-hydrogen) atoms. The monoisotopic (exact) mass is 563 g/mol. The van der Waals surface area contributed by atoms with Gasteiger partial charge >= 0.3 is 0 Å². The van der Waals surface area contributed by atoms with Crippen molar-refractivity contribution in [2.24, 2.45) is 4.99 Å². The highest BCUT2D eigenvalue weighted by Gasteiger charge is 2.14. The number of rotatable bonds is 11. The van der Waals surface area contributed by atoms with E-state index < -0.39 is 0 Å². The van der Waals surface area contributed by atoms with Gasteiger partial charge in [-0.15, -0.1) is 24.0 Å². The molecule has 1 unspecified atom stereocenters. The molecule has 1 fully saturated rings. The first-order valence-electron chi connectivity index (χ1n) is 12.3. The van der Waals surface area contributed by atoms with Crippen LogP contribution in [0.1, 0.15) is 36.8 Å². The number of likely N-dealkylation sites (N-methyl/N-ethyl adjacent to an activating group) is 1. The van der Waals surface area contributed by atoms with E-state index in [1.807, 2.05) is 0 Å². The quantitative estimate of drug-likeness (QED) is 0.186. The van der Waals surface area contributed by atoms with Crippen molar-refractivity contribution in [3.8, 4) is 0 Å². The van der Waals surface area contributed by atoms with Crippen LogP contribution in [0.4, 0.5) is 0 Å². The molecule has 1 aliphatic rings. The van der Waals surface area contributed by atoms with Crippen molar-refractivity contribution in [3.05, 3.63) is 71.8 Å². The highest BCUT2D eigenvalue weighted by Crippen LogP contribution is 2.21. The molecule has 0 aromatic heterocycles. The van der Waals surface area contributed by atoms with Crippen LogP contribution >= 0.6 is 24.0 Å². The molecule has 2 aromatic rings. The number of hydrogen-bond acceptors (Lipinski definition) is 3. The maximum absolute atomic E-state index is 4.96. The molecule has 0 bridgehead atoms. The molecule has 0 spiro atoms. The van der Waals surface area contributed by atoms with Gasteiger partial charge in [-0.25, -0.2) is 0 Å². The minimum absolute atomic E-state index is 0. The summed E-state index contributed by atoms with van der Waals surface area (Å²) in [6.07, 6.45) is 3.40. The fraction of sp³-hybridized carbons (Fsp3) is 0.519. The molecule has 0 radical (unpaired) electrons. The van der Waals surface area contributed by atoms with Crippen LogP contribution in [-0.2, 0) is 6.42 Å². The minimum atomic E-state index is 0. The van der Waals surface area contributed by atoms with Gasteiger partial charge in [-0.3, -0.25) is 4.99 Å². The number of piperazine rings is 1. The number of halogens is 1. The fourth-order valence-electron chi connectivity index (χ4n) is 4.19. The Balaban J connectivity index is 0.00000385. The Morgan fingerprint density at radius 2 is 1.58 bits per heavy atom. The van der Waals surface area contributed by atoms with Crippen LogP contribution in [0.3, 0.4) is 0 Å². The van der Waals surface area contributed by atoms with E-state index in [2.05, 4.69) is 95.1 Å². The SMILES string of the molecule is CCNC(=NCC(Cc1ccccc1)c1ccccc1)NCCCCN1CCN(C)CC1.I. The zero-order valence-corrected chi connectivity index (χ0v) is 22.7. The zero-order chi connectivity index (χ0) is 22.4. The Morgan fingerprint density at radius 3 is 2.24 bits per heavy atom. The van der Waals surface area contributed by atoms with Gasteiger partial charge in [0.2, 0.25) is 0 Å². The predicted molar refractivity (Wildman–Crippen MR) is 152 cm³/mol. The normalized spacial score (nSPS) is 16.1. The Morgan fingerprint density at radius 1 is 0.909 bits per heavy atom. The van der Waals surface area contributed by atoms with Crippen molar-refractivity contribution >= 4 is 29.9 Å². The van der Waals surface area contributed by atoms with E-state index in [9.17, 15) is 0 Å². The van der Waals surface area contributed by atoms with E-state index >= 15 is 0 Å². The summed E-state index contributed by atoms with van der Waals surface area (Å²) in [7, 11) is 2.21. The Bertz CT molecular complexity index is 776. The molecule has 1 aliphatic heterocycles. The highest BCUT2D eigenvalue weighted by molar-refractivity contribution is 14.0. The van der Waals surface area contributed by atoms with E-state index in [4.69, 9.17) is 4.99 Å². The van der Waals surface area contributed by atoms with Crippen molar-refractivity contribution in [1.29, 1.82) is 0 Å². The largest absolute Gasteiger partial charge is 0.357 e. The lowest BCUT2D eigenvalue weighted by Crippen LogP contribution is -2.44. The number of aliphatic imine (C=N–C) groups is 1. The van der Waals surface area contributed by atoms with Crippen molar-refractivity contribution in [2.45, 2.75) is 32.1 Å². The molecular weight excluding hydrogens is 521 g/mol. The van der Waals surface area contributed by atoms with Crippen molar-refractivity contribution in [2.75, 3.05) is 59.4 Å². The summed E-state index contributed by atoms with van der Waals surface area (Å²) >= 11 is 0. The highest BCUT2D eigenvalue weighted by atomic mass is 127. The standard InChI is InChI=1S/C27H41N5.HI/c1-3-28-27(29-16-10-11-17-32-20-18-31(2)19-21-32)30-23-26(25-14-8-5-9-15-25)22-24-12-6-4-7-13-24;/h4-9,12-15,26H,3,10-11,16-23H2,1-2H3,(H2,28,29,30);1H. The molecule has 6 heteroatoms. The maximum atomic E-state index is 4.96. The zero-order valence-electron chi connectivity index (χ0n) is 20.4. The van der Waals surface area contributed by atoms with Crippen LogP contribution in [-0.4, -0.2) is 75.2 Å². The predicted octanol–water partition coefficient (Wildman–Crippen LogP) is 4.21. The van der Waals surface area contributed by atoms with E-state index in [-0.39, 0.29) is 24.0 Å². The van der Waals surface area contributed by atoms with Crippen LogP contribution in [0.25, 0.3) is 0 Å². The third-order valence-electron chi connectivity index (χ3n) is 6.20. The number of benzene rings is 2. The summed E-state index contributed by atoms with van der Waals surface area (Å²) in [5, 5.41) is 6.97. The summed E-state index contributed by atoms with van der Waals surface area (Å²) in [5.74, 6) is 1.30. The van der Waals surface area contributed by atoms with Crippen molar-refractivity contribution < 1.29 is 0 Å². The number of hydrogen-bond donors (Lipinski definition) is 2. The molecule has 0 amide bonds. The second-order valence-electron chi connectivity index (χ2n) is 8.80. The van der Waals surface area contributed by atoms with Crippen molar-refractivity contribution in [1.82, 2.24) is 20.4 Å². The van der Waals surface area contributed by atoms with Gasteiger partial charge in [0.05, 0.1) is 0 Å². The topological polar surface area (TPSA) is 42.9 Å². The summed E-state index contributed by atoms with van der Waals surface area (Å²) in [6, 6.07) is 21.5. The van der Waals surface area contributed by atoms with Gasteiger partial charge in [-0.1, -0.05) is 60.7 Å². The first-order chi connectivity index (χ1) is 15.7. The summed E-state index contributed by atoms with van der Waals surface area (Å²) in [6.45, 7) is 10.7. The molecule has 2 aromatic carbocycles. The van der Waals surface area contributed by atoms with Gasteiger partial charge in [-0.05, 0) is 50.9 Å². The van der Waals surface area contributed by atoms with Gasteiger partial charge in [0.1, 0.15) is 0 Å². The Kier molecular flexibility index (Phi) is 13.4. The number of unbranched alkanes of at least 4 members (excludes halogenated alkanes) is 1. The molecule has 1 heterocycles. The Labute approximate surface area is 218 Å². The molecule has 1 saturated heterocycles. The van der Waals surface area contributed by atoms with Crippen LogP contribution < -0.4 is 10.6 Å². The lowest BCUT2D eigenvalue weighted by molar-refractivity contribution is 0.152. The third kappa shape index (κ3) is 10.4. The third-order valence-corrected chi connectivity index (χ3v) is 6.20. The maximum Gasteiger partial charge on any atom is 0.191 e. The van der Waals surface area contributed by atoms with E-state index in [1.54, 1.807) is 0 Å². The molecule has 3 rings (SSSR count). The molecule has 1 atom stereocenters. The second-order valence-corrected chi connectivity index (χ2v) is 8.80. The van der Waals surface area contributed by atoms with E-state index in [0.29, 0.717) is 5.92 Å². The summed E-state index contributed by atoms with van der Waals surface area (Å²) < 4.78 is 0. The van der Waals surface area contributed by atoms with Crippen LogP contribution in [0, 0.1) is 0 Å².